The van der Waals surface area contributed by atoms with E-state index in [2.05, 4.69) is 15.1 Å². The van der Waals surface area contributed by atoms with Crippen LogP contribution >= 0.6 is 0 Å². The Labute approximate surface area is 115 Å². The molecule has 4 N–H and O–H groups in total. The molecule has 1 aromatic rings. The van der Waals surface area contributed by atoms with Crippen LogP contribution in [-0.2, 0) is 20.8 Å². The smallest absolute Gasteiger partial charge is 0.244 e. The average molecular weight is 306 g/mol. The Kier molecular flexibility index (Phi) is 5.85. The van der Waals surface area contributed by atoms with Crippen molar-refractivity contribution in [2.75, 3.05) is 17.4 Å². The van der Waals surface area contributed by atoms with E-state index in [1.807, 2.05) is 0 Å². The van der Waals surface area contributed by atoms with Crippen molar-refractivity contribution in [2.45, 2.75) is 24.3 Å². The molecule has 0 saturated heterocycles. The normalized spacial score (nSPS) is 14.9. The predicted molar refractivity (Wildman–Crippen MR) is 75.4 cm³/mol. The van der Waals surface area contributed by atoms with Gasteiger partial charge in [-0.2, -0.15) is 0 Å². The van der Waals surface area contributed by atoms with Crippen molar-refractivity contribution < 1.29 is 12.6 Å². The highest BCUT2D eigenvalue weighted by Gasteiger charge is 2.21. The van der Waals surface area contributed by atoms with Crippen molar-refractivity contribution in [3.05, 3.63) is 18.3 Å². The van der Waals surface area contributed by atoms with Gasteiger partial charge in [-0.05, 0) is 25.5 Å². The number of aromatic nitrogens is 1. The molecule has 1 heterocycles. The van der Waals surface area contributed by atoms with Crippen molar-refractivity contribution in [3.8, 4) is 0 Å². The van der Waals surface area contributed by atoms with Crippen LogP contribution in [0.25, 0.3) is 0 Å². The third kappa shape index (κ3) is 4.86. The fourth-order valence-electron chi connectivity index (χ4n) is 1.45. The number of hydrogen-bond donors (Lipinski definition) is 3. The van der Waals surface area contributed by atoms with Crippen LogP contribution in [-0.4, -0.2) is 35.7 Å². The second-order valence-corrected chi connectivity index (χ2v) is 7.32. The number of sulfonamides is 1. The first kappa shape index (κ1) is 16.0. The minimum atomic E-state index is -3.70. The van der Waals surface area contributed by atoms with Crippen molar-refractivity contribution in [1.29, 1.82) is 0 Å². The van der Waals surface area contributed by atoms with Crippen molar-refractivity contribution >= 4 is 26.6 Å². The van der Waals surface area contributed by atoms with E-state index < -0.39 is 20.8 Å². The van der Waals surface area contributed by atoms with Gasteiger partial charge in [0, 0.05) is 35.0 Å². The van der Waals surface area contributed by atoms with Crippen LogP contribution in [0.2, 0.25) is 0 Å². The number of nitrogens with zero attached hydrogens (tertiary/aromatic N) is 1. The molecule has 0 aliphatic heterocycles. The van der Waals surface area contributed by atoms with E-state index in [1.54, 1.807) is 13.2 Å². The Morgan fingerprint density at radius 2 is 2.21 bits per heavy atom. The summed E-state index contributed by atoms with van der Waals surface area (Å²) in [6.07, 6.45) is 3.52. The highest BCUT2D eigenvalue weighted by molar-refractivity contribution is 7.89. The molecule has 2 unspecified atom stereocenters. The summed E-state index contributed by atoms with van der Waals surface area (Å²) < 4.78 is 37.8. The maximum atomic E-state index is 12.1. The van der Waals surface area contributed by atoms with Crippen molar-refractivity contribution in [1.82, 2.24) is 9.71 Å². The lowest BCUT2D eigenvalue weighted by Crippen LogP contribution is -2.34. The van der Waals surface area contributed by atoms with E-state index >= 15 is 0 Å². The van der Waals surface area contributed by atoms with Crippen molar-refractivity contribution in [2.24, 2.45) is 5.84 Å². The van der Waals surface area contributed by atoms with Crippen LogP contribution < -0.4 is 16.0 Å². The molecular formula is C10H18N4O3S2. The van der Waals surface area contributed by atoms with E-state index in [4.69, 9.17) is 5.84 Å². The Morgan fingerprint density at radius 3 is 2.79 bits per heavy atom. The number of nitrogen functional groups attached to an aromatic ring is 1. The molecule has 1 aromatic heterocycles. The summed E-state index contributed by atoms with van der Waals surface area (Å²) in [7, 11) is -4.65. The summed E-state index contributed by atoms with van der Waals surface area (Å²) in [5.41, 5.74) is 2.25. The summed E-state index contributed by atoms with van der Waals surface area (Å²) in [4.78, 5) is 3.83. The van der Waals surface area contributed by atoms with Crippen LogP contribution in [0, 0.1) is 0 Å². The van der Waals surface area contributed by atoms with Crippen LogP contribution in [0.5, 0.6) is 0 Å². The molecular weight excluding hydrogens is 288 g/mol. The fourth-order valence-corrected chi connectivity index (χ4v) is 3.53. The van der Waals surface area contributed by atoms with Gasteiger partial charge in [0.1, 0.15) is 4.90 Å². The van der Waals surface area contributed by atoms with Crippen LogP contribution in [0.4, 0.5) is 5.82 Å². The van der Waals surface area contributed by atoms with Gasteiger partial charge in [0.2, 0.25) is 10.0 Å². The number of hydrogen-bond acceptors (Lipinski definition) is 6. The number of pyridine rings is 1. The third-order valence-corrected chi connectivity index (χ3v) is 4.82. The first-order chi connectivity index (χ1) is 8.86. The molecule has 0 aliphatic carbocycles. The molecule has 0 aromatic carbocycles. The zero-order valence-corrected chi connectivity index (χ0v) is 12.4. The molecule has 0 spiro atoms. The van der Waals surface area contributed by atoms with Gasteiger partial charge in [-0.1, -0.05) is 0 Å². The van der Waals surface area contributed by atoms with Gasteiger partial charge in [0.25, 0.3) is 0 Å². The first-order valence-corrected chi connectivity index (χ1v) is 8.82. The minimum Gasteiger partial charge on any atom is -0.307 e. The van der Waals surface area contributed by atoms with Crippen LogP contribution in [0.1, 0.15) is 13.3 Å². The largest absolute Gasteiger partial charge is 0.307 e. The number of hydrazine groups is 1. The number of rotatable bonds is 7. The molecule has 0 aliphatic rings. The molecule has 2 atom stereocenters. The Hall–Kier alpha value is -1.03. The molecule has 0 bridgehead atoms. The van der Waals surface area contributed by atoms with E-state index in [0.29, 0.717) is 12.2 Å². The van der Waals surface area contributed by atoms with Gasteiger partial charge in [-0.3, -0.25) is 4.21 Å². The van der Waals surface area contributed by atoms with Gasteiger partial charge in [-0.25, -0.2) is 24.0 Å². The maximum Gasteiger partial charge on any atom is 0.244 e. The number of anilines is 1. The van der Waals surface area contributed by atoms with Crippen molar-refractivity contribution in [3.63, 3.8) is 0 Å². The Morgan fingerprint density at radius 1 is 1.53 bits per heavy atom. The lowest BCUT2D eigenvalue weighted by molar-refractivity contribution is 0.555. The third-order valence-electron chi connectivity index (χ3n) is 2.39. The molecule has 0 saturated carbocycles. The van der Waals surface area contributed by atoms with E-state index in [1.165, 1.54) is 18.3 Å². The van der Waals surface area contributed by atoms with E-state index in [-0.39, 0.29) is 16.8 Å². The molecule has 108 valence electrons. The van der Waals surface area contributed by atoms with Crippen LogP contribution in [0.15, 0.2) is 23.2 Å². The maximum absolute atomic E-state index is 12.1. The van der Waals surface area contributed by atoms with Gasteiger partial charge in [0.15, 0.2) is 5.82 Å². The lowest BCUT2D eigenvalue weighted by atomic mass is 10.3. The quantitative estimate of drug-likeness (QED) is 0.475. The second-order valence-electron chi connectivity index (χ2n) is 4.08. The standard InChI is InChI=1S/C10H18N4O3S2/c1-8(5-7-18(2)15)14-19(16,17)9-4-3-6-12-10(9)13-11/h3-4,6,8,14H,5,7,11H2,1-2H3,(H,12,13). The summed E-state index contributed by atoms with van der Waals surface area (Å²) in [5.74, 6) is 5.76. The molecule has 0 fully saturated rings. The predicted octanol–water partition coefficient (Wildman–Crippen LogP) is -0.197. The molecule has 0 amide bonds. The van der Waals surface area contributed by atoms with Gasteiger partial charge >= 0.3 is 0 Å². The summed E-state index contributed by atoms with van der Waals surface area (Å²) >= 11 is 0. The zero-order chi connectivity index (χ0) is 14.5. The average Bonchev–Trinajstić information content (AvgIpc) is 2.35. The topological polar surface area (TPSA) is 114 Å². The van der Waals surface area contributed by atoms with E-state index in [9.17, 15) is 12.6 Å². The van der Waals surface area contributed by atoms with E-state index in [0.717, 1.165) is 0 Å². The Bertz CT molecular complexity index is 547. The zero-order valence-electron chi connectivity index (χ0n) is 10.8. The second kappa shape index (κ2) is 6.94. The highest BCUT2D eigenvalue weighted by Crippen LogP contribution is 2.17. The SMILES string of the molecule is CC(CCS(C)=O)NS(=O)(=O)c1cccnc1NN. The molecule has 1 rings (SSSR count). The highest BCUT2D eigenvalue weighted by atomic mass is 32.2. The number of nitrogens with two attached hydrogens (primary N) is 1. The Balaban J connectivity index is 2.83. The number of nitrogens with one attached hydrogen (secondary N) is 2. The molecule has 9 heteroatoms. The molecule has 19 heavy (non-hydrogen) atoms. The summed E-state index contributed by atoms with van der Waals surface area (Å²) in [5, 5.41) is 0. The molecule has 0 radical (unpaired) electrons. The van der Waals surface area contributed by atoms with Gasteiger partial charge in [-0.15, -0.1) is 0 Å². The summed E-state index contributed by atoms with van der Waals surface area (Å²) in [6, 6.07) is 2.61. The van der Waals surface area contributed by atoms with Crippen LogP contribution in [0.3, 0.4) is 0 Å². The van der Waals surface area contributed by atoms with Gasteiger partial charge < -0.3 is 5.43 Å². The molecule has 7 nitrogen and oxygen atoms in total. The summed E-state index contributed by atoms with van der Waals surface area (Å²) in [6.45, 7) is 1.72. The monoisotopic (exact) mass is 306 g/mol. The minimum absolute atomic E-state index is 0.0121. The van der Waals surface area contributed by atoms with Gasteiger partial charge in [0.05, 0.1) is 0 Å². The first-order valence-electron chi connectivity index (χ1n) is 5.61. The fraction of sp³-hybridized carbons (Fsp3) is 0.500. The lowest BCUT2D eigenvalue weighted by Gasteiger charge is -2.15.